The topological polar surface area (TPSA) is 637 Å². The van der Waals surface area contributed by atoms with Crippen LogP contribution in [0.25, 0.3) is 0 Å². The maximum Gasteiger partial charge on any atom is 0.253 e. The lowest BCUT2D eigenvalue weighted by atomic mass is 10.1. The number of benzene rings is 4. The van der Waals surface area contributed by atoms with Crippen molar-refractivity contribution in [2.75, 3.05) is 105 Å². The van der Waals surface area contributed by atoms with Gasteiger partial charge in [-0.1, -0.05) is 0 Å². The second kappa shape index (κ2) is 47.7. The van der Waals surface area contributed by atoms with Crippen LogP contribution >= 0.6 is 136 Å². The maximum absolute atomic E-state index is 12.5. The Morgan fingerprint density at radius 3 is 0.684 bits per heavy atom. The number of carbonyl (C=O) groups is 8. The van der Waals surface area contributed by atoms with Crippen molar-refractivity contribution in [2.45, 2.75) is 48.6 Å². The monoisotopic (exact) mass is 2070 g/mol. The van der Waals surface area contributed by atoms with E-state index in [0.717, 1.165) is 24.3 Å². The minimum atomic E-state index is -1.13. The van der Waals surface area contributed by atoms with Crippen LogP contribution < -0.4 is 42.5 Å². The summed E-state index contributed by atoms with van der Waals surface area (Å²) in [6.45, 7) is -6.62. The van der Waals surface area contributed by atoms with Crippen LogP contribution in [0.3, 0.4) is 0 Å². The highest BCUT2D eigenvalue weighted by atomic mass is 127. The Kier molecular flexibility index (Phi) is 44.6. The van der Waals surface area contributed by atoms with Gasteiger partial charge in [0.05, 0.1) is 164 Å². The van der Waals surface area contributed by atoms with E-state index >= 15 is 0 Å². The molecule has 0 radical (unpaired) electrons. The fraction of sp³-hybridized carbons (Fsp3) is 0.429. The molecule has 36 nitrogen and oxygen atoms in total. The van der Waals surface area contributed by atoms with E-state index in [-0.39, 0.29) is 115 Å². The zero-order valence-corrected chi connectivity index (χ0v) is 63.8. The summed E-state index contributed by atoms with van der Waals surface area (Å²) in [4.78, 5) is 97.6. The molecule has 0 aliphatic heterocycles. The predicted octanol–water partition coefficient (Wildman–Crippen LogP) is -6.14. The average Bonchev–Trinajstić information content (AvgIpc) is 0.780. The number of phenolic OH excluding ortho intramolecular Hbond substituents is 4. The Morgan fingerprint density at radius 2 is 0.469 bits per heavy atom. The highest BCUT2D eigenvalue weighted by molar-refractivity contribution is 14.1. The molecule has 0 heterocycles. The smallest absolute Gasteiger partial charge is 0.253 e. The van der Waals surface area contributed by atoms with Crippen LogP contribution in [-0.2, 0) is 0 Å². The van der Waals surface area contributed by atoms with Gasteiger partial charge in [-0.05, 0) is 172 Å². The predicted molar refractivity (Wildman–Crippen MR) is 392 cm³/mol. The molecule has 0 bridgehead atoms. The third-order valence-corrected chi connectivity index (χ3v) is 18.7. The second-order valence-electron chi connectivity index (χ2n) is 19.9. The molecule has 0 fully saturated rings. The lowest BCUT2D eigenvalue weighted by molar-refractivity contribution is 0.0792. The Bertz CT molecular complexity index is 3120. The number of aromatic hydroxyl groups is 4. The number of hydrogen-bond donors (Lipinski definition) is 28. The Balaban J connectivity index is 0.000000654. The highest BCUT2D eigenvalue weighted by Crippen LogP contribution is 2.38. The fourth-order valence-electron chi connectivity index (χ4n) is 6.98. The molecule has 4 rings (SSSR count). The molecule has 0 spiro atoms. The summed E-state index contributed by atoms with van der Waals surface area (Å²) in [5, 5.41) is 203. The summed E-state index contributed by atoms with van der Waals surface area (Å²) in [5.41, 5.74) is 0.0323. The third-order valence-electron chi connectivity index (χ3n) is 12.3. The third kappa shape index (κ3) is 29.5. The quantitative estimate of drug-likeness (QED) is 0.0202. The van der Waals surface area contributed by atoms with E-state index in [0.29, 0.717) is 0 Å². The molecular formula is C56H74I6N8O28. The van der Waals surface area contributed by atoms with Crippen molar-refractivity contribution in [1.82, 2.24) is 42.5 Å². The van der Waals surface area contributed by atoms with Gasteiger partial charge >= 0.3 is 0 Å². The Hall–Kier alpha value is -4.42. The lowest BCUT2D eigenvalue weighted by Gasteiger charge is -2.20. The molecule has 4 aromatic rings. The van der Waals surface area contributed by atoms with Crippen molar-refractivity contribution in [3.63, 3.8) is 0 Å². The standard InChI is InChI=1S/2C14H17I3N2O7.2C14H20N2O7/c15-9-7(13(25)18-1-5(22)3-20)10(16)12(24)11(17)8(9)14(26)19-2-6(23)4-21;15-9-7(13(25)18-5(1-20)2-21)10(16)12(24)11(17)8(9)14(26)19-6(3-22)4-23;17-4-10(5-18)15-13(22)8-1-9(3-12(21)2-8)14(23)16-11(6-19)7-20;17-6-11(20)4-15-13(22)8-1-9(3-10(19)2-8)14(23)16-5-12(21)7-18/h2*5-6,20-24H,1-4H2,(H,18,25)(H,19,26);1-3,10-11,17-21H,4-7H2,(H,15,22)(H,16,23);1-3,11-12,17-21H,4-7H2,(H,15,22)(H,16,23). The van der Waals surface area contributed by atoms with Crippen molar-refractivity contribution in [1.29, 1.82) is 0 Å². The first kappa shape index (κ1) is 91.6. The van der Waals surface area contributed by atoms with Crippen molar-refractivity contribution < 1.29 is 140 Å². The first-order valence-corrected chi connectivity index (χ1v) is 34.5. The summed E-state index contributed by atoms with van der Waals surface area (Å²) < 4.78 is 1.41. The van der Waals surface area contributed by atoms with Gasteiger partial charge in [0.15, 0.2) is 0 Å². The SMILES string of the molecule is O=C(NC(CO)CO)c1c(I)c(O)c(I)c(C(=O)NC(CO)CO)c1I.O=C(NC(CO)CO)c1cc(O)cc(C(=O)NC(CO)CO)c1.O=C(NCC(O)CO)c1c(I)c(O)c(I)c(C(=O)NCC(O)CO)c1I.O=C(NCC(O)CO)c1cc(O)cc(C(=O)NCC(O)CO)c1. The molecule has 28 N–H and O–H groups in total. The molecule has 548 valence electrons. The number of amides is 8. The normalized spacial score (nSPS) is 12.1. The number of aliphatic hydroxyl groups excluding tert-OH is 16. The summed E-state index contributed by atoms with van der Waals surface area (Å²) >= 11 is 10.7. The van der Waals surface area contributed by atoms with E-state index in [1.54, 1.807) is 136 Å². The van der Waals surface area contributed by atoms with Crippen LogP contribution in [0.2, 0.25) is 0 Å². The molecular weight excluding hydrogens is 1990 g/mol. The van der Waals surface area contributed by atoms with E-state index in [4.69, 9.17) is 61.3 Å². The van der Waals surface area contributed by atoms with Gasteiger partial charge in [0, 0.05) is 55.6 Å². The van der Waals surface area contributed by atoms with Gasteiger partial charge in [0.2, 0.25) is 0 Å². The molecule has 4 unspecified atom stereocenters. The van der Waals surface area contributed by atoms with E-state index in [1.165, 1.54) is 12.1 Å². The summed E-state index contributed by atoms with van der Waals surface area (Å²) in [7, 11) is 0. The van der Waals surface area contributed by atoms with E-state index in [9.17, 15) is 79.2 Å². The van der Waals surface area contributed by atoms with Crippen LogP contribution in [0.4, 0.5) is 0 Å². The highest BCUT2D eigenvalue weighted by Gasteiger charge is 2.31. The molecule has 0 aromatic heterocycles. The van der Waals surface area contributed by atoms with Crippen LogP contribution in [0.1, 0.15) is 82.9 Å². The first-order valence-electron chi connectivity index (χ1n) is 28.1. The molecule has 0 saturated carbocycles. The van der Waals surface area contributed by atoms with Crippen LogP contribution in [-0.4, -0.2) is 303 Å². The zero-order valence-electron chi connectivity index (χ0n) is 50.9. The van der Waals surface area contributed by atoms with Crippen molar-refractivity contribution >= 4 is 183 Å². The van der Waals surface area contributed by atoms with Crippen LogP contribution in [0.5, 0.6) is 23.0 Å². The fourth-order valence-corrected chi connectivity index (χ4v) is 15.3. The minimum absolute atomic E-state index is 0.0111. The van der Waals surface area contributed by atoms with Gasteiger partial charge in [-0.3, -0.25) is 38.4 Å². The molecule has 0 aliphatic carbocycles. The number of aliphatic hydroxyl groups is 16. The van der Waals surface area contributed by atoms with Crippen molar-refractivity contribution in [2.24, 2.45) is 0 Å². The number of hydrogen-bond acceptors (Lipinski definition) is 28. The van der Waals surface area contributed by atoms with E-state index in [1.807, 2.05) is 0 Å². The molecule has 0 aliphatic rings. The van der Waals surface area contributed by atoms with Crippen molar-refractivity contribution in [3.05, 3.63) is 102 Å². The van der Waals surface area contributed by atoms with Gasteiger partial charge in [-0.25, -0.2) is 0 Å². The van der Waals surface area contributed by atoms with Crippen molar-refractivity contribution in [3.8, 4) is 23.0 Å². The maximum atomic E-state index is 12.5. The second-order valence-corrected chi connectivity index (χ2v) is 26.4. The van der Waals surface area contributed by atoms with Gasteiger partial charge in [-0.15, -0.1) is 0 Å². The number of halogens is 6. The molecule has 0 saturated heterocycles. The average molecular weight is 2070 g/mol. The summed E-state index contributed by atoms with van der Waals surface area (Å²) in [6, 6.07) is 3.43. The summed E-state index contributed by atoms with van der Waals surface area (Å²) in [5.74, 6) is -6.41. The van der Waals surface area contributed by atoms with Gasteiger partial charge < -0.3 is 145 Å². The minimum Gasteiger partial charge on any atom is -0.508 e. The first-order chi connectivity index (χ1) is 46.2. The summed E-state index contributed by atoms with van der Waals surface area (Å²) in [6.07, 6.45) is -4.48. The molecule has 42 heteroatoms. The number of carbonyl (C=O) groups excluding carboxylic acids is 8. The Labute approximate surface area is 638 Å². The molecule has 8 amide bonds. The number of phenols is 4. The Morgan fingerprint density at radius 1 is 0.276 bits per heavy atom. The van der Waals surface area contributed by atoms with Gasteiger partial charge in [0.25, 0.3) is 47.3 Å². The number of rotatable bonds is 32. The number of nitrogens with one attached hydrogen (secondary N) is 8. The molecule has 98 heavy (non-hydrogen) atoms. The van der Waals surface area contributed by atoms with Gasteiger partial charge in [0.1, 0.15) is 23.0 Å². The van der Waals surface area contributed by atoms with E-state index in [2.05, 4.69) is 42.5 Å². The van der Waals surface area contributed by atoms with Crippen LogP contribution in [0, 0.1) is 21.4 Å². The van der Waals surface area contributed by atoms with Gasteiger partial charge in [-0.2, -0.15) is 0 Å². The largest absolute Gasteiger partial charge is 0.508 e. The lowest BCUT2D eigenvalue weighted by Crippen LogP contribution is -2.42. The van der Waals surface area contributed by atoms with Crippen LogP contribution in [0.15, 0.2) is 36.4 Å². The molecule has 4 atom stereocenters. The van der Waals surface area contributed by atoms with E-state index < -0.39 is 175 Å². The molecule has 4 aromatic carbocycles. The zero-order chi connectivity index (χ0) is 74.8.